The smallest absolute Gasteiger partial charge is 0.127 e. The number of hydrogen-bond acceptors (Lipinski definition) is 3. The minimum absolute atomic E-state index is 0.0534. The molecule has 0 N–H and O–H groups in total. The van der Waals surface area contributed by atoms with Crippen LogP contribution in [0.15, 0.2) is 12.1 Å². The SMILES string of the molecule is CC[C@@H]1CN(c2ccc(C#N)c(Cl)c2C)[C@H](C)O1. The Balaban J connectivity index is 2.35. The number of benzene rings is 1. The van der Waals surface area contributed by atoms with Crippen molar-refractivity contribution in [3.63, 3.8) is 0 Å². The second-order valence-electron chi connectivity index (χ2n) is 4.60. The first-order valence-corrected chi connectivity index (χ1v) is 6.57. The van der Waals surface area contributed by atoms with Gasteiger partial charge in [0.05, 0.1) is 16.7 Å². The van der Waals surface area contributed by atoms with E-state index in [4.69, 9.17) is 21.6 Å². The van der Waals surface area contributed by atoms with Crippen LogP contribution in [0.3, 0.4) is 0 Å². The summed E-state index contributed by atoms with van der Waals surface area (Å²) in [6.07, 6.45) is 1.33. The molecule has 0 spiro atoms. The van der Waals surface area contributed by atoms with Crippen LogP contribution in [-0.4, -0.2) is 18.9 Å². The molecule has 0 unspecified atom stereocenters. The monoisotopic (exact) mass is 264 g/mol. The van der Waals surface area contributed by atoms with Gasteiger partial charge in [0.1, 0.15) is 12.3 Å². The minimum atomic E-state index is 0.0534. The molecule has 0 radical (unpaired) electrons. The summed E-state index contributed by atoms with van der Waals surface area (Å²) in [5.41, 5.74) is 2.53. The van der Waals surface area contributed by atoms with E-state index in [2.05, 4.69) is 17.9 Å². The molecular formula is C14H17ClN2O. The molecule has 0 amide bonds. The van der Waals surface area contributed by atoms with E-state index in [0.29, 0.717) is 10.6 Å². The van der Waals surface area contributed by atoms with E-state index in [9.17, 15) is 0 Å². The van der Waals surface area contributed by atoms with E-state index in [1.165, 1.54) is 0 Å². The maximum Gasteiger partial charge on any atom is 0.127 e. The molecule has 0 saturated carbocycles. The number of nitrogens with zero attached hydrogens (tertiary/aromatic N) is 2. The van der Waals surface area contributed by atoms with E-state index in [-0.39, 0.29) is 12.3 Å². The van der Waals surface area contributed by atoms with Gasteiger partial charge in [0.25, 0.3) is 0 Å². The summed E-state index contributed by atoms with van der Waals surface area (Å²) >= 11 is 6.20. The second kappa shape index (κ2) is 5.17. The highest BCUT2D eigenvalue weighted by atomic mass is 35.5. The largest absolute Gasteiger partial charge is 0.354 e. The molecule has 4 heteroatoms. The molecule has 0 aliphatic carbocycles. The summed E-state index contributed by atoms with van der Waals surface area (Å²) in [6, 6.07) is 5.83. The molecular weight excluding hydrogens is 248 g/mol. The van der Waals surface area contributed by atoms with Crippen LogP contribution in [0, 0.1) is 18.3 Å². The fourth-order valence-corrected chi connectivity index (χ4v) is 2.56. The molecule has 1 saturated heterocycles. The summed E-state index contributed by atoms with van der Waals surface area (Å²) in [5, 5.41) is 9.50. The van der Waals surface area contributed by atoms with Crippen molar-refractivity contribution in [2.75, 3.05) is 11.4 Å². The first-order valence-electron chi connectivity index (χ1n) is 6.19. The standard InChI is InChI=1S/C14H17ClN2O/c1-4-12-8-17(10(3)18-12)13-6-5-11(7-16)14(15)9(13)2/h5-6,10,12H,4,8H2,1-3H3/t10-,12+/m0/s1. The van der Waals surface area contributed by atoms with Crippen molar-refractivity contribution in [1.82, 2.24) is 0 Å². The van der Waals surface area contributed by atoms with Gasteiger partial charge in [-0.2, -0.15) is 5.26 Å². The van der Waals surface area contributed by atoms with Gasteiger partial charge in [0, 0.05) is 12.2 Å². The fourth-order valence-electron chi connectivity index (χ4n) is 2.35. The highest BCUT2D eigenvalue weighted by Gasteiger charge is 2.30. The minimum Gasteiger partial charge on any atom is -0.354 e. The van der Waals surface area contributed by atoms with Crippen LogP contribution in [-0.2, 0) is 4.74 Å². The fraction of sp³-hybridized carbons (Fsp3) is 0.500. The Labute approximate surface area is 113 Å². The topological polar surface area (TPSA) is 36.3 Å². The molecule has 2 rings (SSSR count). The Morgan fingerprint density at radius 3 is 2.83 bits per heavy atom. The van der Waals surface area contributed by atoms with Gasteiger partial charge >= 0.3 is 0 Å². The highest BCUT2D eigenvalue weighted by Crippen LogP contribution is 2.33. The van der Waals surface area contributed by atoms with Crippen molar-refractivity contribution in [3.05, 3.63) is 28.3 Å². The number of anilines is 1. The summed E-state index contributed by atoms with van der Waals surface area (Å²) < 4.78 is 5.85. The maximum absolute atomic E-state index is 8.96. The average molecular weight is 265 g/mol. The zero-order valence-corrected chi connectivity index (χ0v) is 11.7. The lowest BCUT2D eigenvalue weighted by Gasteiger charge is -2.24. The Bertz CT molecular complexity index is 495. The quantitative estimate of drug-likeness (QED) is 0.821. The summed E-state index contributed by atoms with van der Waals surface area (Å²) in [7, 11) is 0. The van der Waals surface area contributed by atoms with Gasteiger partial charge in [-0.25, -0.2) is 0 Å². The molecule has 0 aromatic heterocycles. The van der Waals surface area contributed by atoms with Gasteiger partial charge in [0.2, 0.25) is 0 Å². The van der Waals surface area contributed by atoms with E-state index < -0.39 is 0 Å². The Morgan fingerprint density at radius 2 is 2.28 bits per heavy atom. The van der Waals surface area contributed by atoms with Crippen molar-refractivity contribution in [2.45, 2.75) is 39.5 Å². The summed E-state index contributed by atoms with van der Waals surface area (Å²) in [5.74, 6) is 0. The van der Waals surface area contributed by atoms with E-state index in [0.717, 1.165) is 24.2 Å². The van der Waals surface area contributed by atoms with Crippen LogP contribution in [0.1, 0.15) is 31.4 Å². The average Bonchev–Trinajstić information content (AvgIpc) is 2.74. The Morgan fingerprint density at radius 1 is 1.56 bits per heavy atom. The van der Waals surface area contributed by atoms with E-state index in [1.54, 1.807) is 6.07 Å². The molecule has 2 atom stereocenters. The molecule has 1 heterocycles. The lowest BCUT2D eigenvalue weighted by molar-refractivity contribution is 0.0576. The number of hydrogen-bond donors (Lipinski definition) is 0. The molecule has 1 aromatic rings. The van der Waals surface area contributed by atoms with E-state index in [1.807, 2.05) is 19.9 Å². The van der Waals surface area contributed by atoms with Crippen molar-refractivity contribution in [3.8, 4) is 6.07 Å². The van der Waals surface area contributed by atoms with Gasteiger partial charge in [-0.1, -0.05) is 18.5 Å². The number of halogens is 1. The third-order valence-corrected chi connectivity index (χ3v) is 3.96. The van der Waals surface area contributed by atoms with Gasteiger partial charge in [-0.15, -0.1) is 0 Å². The van der Waals surface area contributed by atoms with Crippen molar-refractivity contribution in [2.24, 2.45) is 0 Å². The summed E-state index contributed by atoms with van der Waals surface area (Å²) in [6.45, 7) is 6.99. The van der Waals surface area contributed by atoms with Crippen molar-refractivity contribution >= 4 is 17.3 Å². The third-order valence-electron chi connectivity index (χ3n) is 3.47. The normalized spacial score (nSPS) is 23.2. The highest BCUT2D eigenvalue weighted by molar-refractivity contribution is 6.32. The van der Waals surface area contributed by atoms with Crippen LogP contribution in [0.25, 0.3) is 0 Å². The van der Waals surface area contributed by atoms with Gasteiger partial charge in [0.15, 0.2) is 0 Å². The van der Waals surface area contributed by atoms with Crippen LogP contribution < -0.4 is 4.90 Å². The van der Waals surface area contributed by atoms with E-state index >= 15 is 0 Å². The first kappa shape index (κ1) is 13.2. The summed E-state index contributed by atoms with van der Waals surface area (Å²) in [4.78, 5) is 2.20. The lowest BCUT2D eigenvalue weighted by Crippen LogP contribution is -2.28. The first-order chi connectivity index (χ1) is 8.58. The second-order valence-corrected chi connectivity index (χ2v) is 4.98. The predicted octanol–water partition coefficient (Wildman–Crippen LogP) is 3.48. The molecule has 1 fully saturated rings. The lowest BCUT2D eigenvalue weighted by atomic mass is 10.1. The van der Waals surface area contributed by atoms with Crippen LogP contribution >= 0.6 is 11.6 Å². The zero-order valence-electron chi connectivity index (χ0n) is 10.9. The predicted molar refractivity (Wildman–Crippen MR) is 72.9 cm³/mol. The number of nitriles is 1. The molecule has 1 aliphatic heterocycles. The molecule has 0 bridgehead atoms. The number of ether oxygens (including phenoxy) is 1. The third kappa shape index (κ3) is 2.19. The van der Waals surface area contributed by atoms with Gasteiger partial charge in [-0.05, 0) is 38.0 Å². The maximum atomic E-state index is 8.96. The van der Waals surface area contributed by atoms with Gasteiger partial charge in [-0.3, -0.25) is 0 Å². The molecule has 18 heavy (non-hydrogen) atoms. The molecule has 3 nitrogen and oxygen atoms in total. The Kier molecular flexibility index (Phi) is 3.79. The van der Waals surface area contributed by atoms with Crippen LogP contribution in [0.5, 0.6) is 0 Å². The molecule has 1 aromatic carbocycles. The van der Waals surface area contributed by atoms with Gasteiger partial charge < -0.3 is 9.64 Å². The zero-order chi connectivity index (χ0) is 13.3. The van der Waals surface area contributed by atoms with Crippen LogP contribution in [0.4, 0.5) is 5.69 Å². The van der Waals surface area contributed by atoms with Crippen molar-refractivity contribution in [1.29, 1.82) is 5.26 Å². The molecule has 1 aliphatic rings. The van der Waals surface area contributed by atoms with Crippen molar-refractivity contribution < 1.29 is 4.74 Å². The Hall–Kier alpha value is -1.24. The number of rotatable bonds is 2. The van der Waals surface area contributed by atoms with Crippen LogP contribution in [0.2, 0.25) is 5.02 Å². The molecule has 96 valence electrons.